The number of carbonyl (C=O) groups is 1. The lowest BCUT2D eigenvalue weighted by Crippen LogP contribution is -2.41. The molecule has 3 rings (SSSR count). The monoisotopic (exact) mass is 450 g/mol. The predicted molar refractivity (Wildman–Crippen MR) is 115 cm³/mol. The second-order valence-electron chi connectivity index (χ2n) is 7.13. The van der Waals surface area contributed by atoms with Gasteiger partial charge in [0.1, 0.15) is 10.7 Å². The standard InChI is InChI=1S/C22H27FN2O5S/c1-3-29-19-10-9-17(15-20(19)30-4-2)24-22(26)16-11-13-25(14-12-16)31(27,28)21-8-6-5-7-18(21)23/h5-10,15-16H,3-4,11-14H2,1-2H3,(H,24,26). The summed E-state index contributed by atoms with van der Waals surface area (Å²) in [6.07, 6.45) is 0.712. The zero-order valence-electron chi connectivity index (χ0n) is 17.6. The summed E-state index contributed by atoms with van der Waals surface area (Å²) < 4.78 is 51.7. The Morgan fingerprint density at radius 2 is 1.71 bits per heavy atom. The van der Waals surface area contributed by atoms with Crippen LogP contribution >= 0.6 is 0 Å². The lowest BCUT2D eigenvalue weighted by molar-refractivity contribution is -0.120. The number of rotatable bonds is 8. The van der Waals surface area contributed by atoms with E-state index < -0.39 is 15.8 Å². The first-order valence-corrected chi connectivity index (χ1v) is 11.8. The highest BCUT2D eigenvalue weighted by Gasteiger charge is 2.33. The molecule has 1 aliphatic heterocycles. The van der Waals surface area contributed by atoms with Crippen LogP contribution in [0, 0.1) is 11.7 Å². The van der Waals surface area contributed by atoms with Gasteiger partial charge in [-0.2, -0.15) is 4.31 Å². The number of halogens is 1. The fourth-order valence-electron chi connectivity index (χ4n) is 3.52. The van der Waals surface area contributed by atoms with Crippen LogP contribution in [-0.4, -0.2) is 44.9 Å². The lowest BCUT2D eigenvalue weighted by Gasteiger charge is -2.30. The average Bonchev–Trinajstić information content (AvgIpc) is 2.76. The second kappa shape index (κ2) is 10.1. The van der Waals surface area contributed by atoms with Crippen molar-refractivity contribution in [1.29, 1.82) is 0 Å². The van der Waals surface area contributed by atoms with Crippen LogP contribution in [0.15, 0.2) is 47.4 Å². The van der Waals surface area contributed by atoms with Crippen LogP contribution in [-0.2, 0) is 14.8 Å². The van der Waals surface area contributed by atoms with Crippen LogP contribution in [0.2, 0.25) is 0 Å². The van der Waals surface area contributed by atoms with Crippen LogP contribution in [0.5, 0.6) is 11.5 Å². The molecule has 0 aliphatic carbocycles. The molecule has 2 aromatic rings. The molecule has 0 spiro atoms. The number of piperidine rings is 1. The summed E-state index contributed by atoms with van der Waals surface area (Å²) in [5, 5.41) is 2.87. The molecule has 1 fully saturated rings. The van der Waals surface area contributed by atoms with Gasteiger partial charge in [-0.3, -0.25) is 4.79 Å². The molecule has 0 atom stereocenters. The molecule has 0 saturated carbocycles. The second-order valence-corrected chi connectivity index (χ2v) is 9.03. The molecule has 168 valence electrons. The van der Waals surface area contributed by atoms with E-state index in [2.05, 4.69) is 5.32 Å². The van der Waals surface area contributed by atoms with E-state index in [-0.39, 0.29) is 29.8 Å². The Hall–Kier alpha value is -2.65. The van der Waals surface area contributed by atoms with E-state index in [0.717, 1.165) is 6.07 Å². The molecule has 2 aromatic carbocycles. The third-order valence-electron chi connectivity index (χ3n) is 5.09. The van der Waals surface area contributed by atoms with Crippen LogP contribution in [0.25, 0.3) is 0 Å². The number of amides is 1. The van der Waals surface area contributed by atoms with Crippen molar-refractivity contribution in [3.63, 3.8) is 0 Å². The molecule has 0 radical (unpaired) electrons. The number of carbonyl (C=O) groups excluding carboxylic acids is 1. The molecule has 1 aliphatic rings. The molecule has 0 unspecified atom stereocenters. The Bertz CT molecular complexity index is 1020. The summed E-state index contributed by atoms with van der Waals surface area (Å²) in [5.74, 6) is -0.145. The minimum Gasteiger partial charge on any atom is -0.490 e. The highest BCUT2D eigenvalue weighted by atomic mass is 32.2. The van der Waals surface area contributed by atoms with Crippen molar-refractivity contribution in [3.05, 3.63) is 48.3 Å². The van der Waals surface area contributed by atoms with Gasteiger partial charge in [0.05, 0.1) is 13.2 Å². The van der Waals surface area contributed by atoms with Crippen molar-refractivity contribution in [1.82, 2.24) is 4.31 Å². The van der Waals surface area contributed by atoms with Gasteiger partial charge in [-0.1, -0.05) is 12.1 Å². The van der Waals surface area contributed by atoms with E-state index in [9.17, 15) is 17.6 Å². The molecule has 9 heteroatoms. The lowest BCUT2D eigenvalue weighted by atomic mass is 9.97. The van der Waals surface area contributed by atoms with E-state index in [4.69, 9.17) is 9.47 Å². The van der Waals surface area contributed by atoms with E-state index in [1.807, 2.05) is 13.8 Å². The fraction of sp³-hybridized carbons (Fsp3) is 0.409. The first-order chi connectivity index (χ1) is 14.9. The summed E-state index contributed by atoms with van der Waals surface area (Å²) >= 11 is 0. The molecular formula is C22H27FN2O5S. The molecule has 0 bridgehead atoms. The first kappa shape index (κ1) is 23.0. The number of hydrogen-bond donors (Lipinski definition) is 1. The van der Waals surface area contributed by atoms with Crippen molar-refractivity contribution in [3.8, 4) is 11.5 Å². The Kier molecular flexibility index (Phi) is 7.50. The molecule has 1 heterocycles. The molecular weight excluding hydrogens is 423 g/mol. The number of ether oxygens (including phenoxy) is 2. The summed E-state index contributed by atoms with van der Waals surface area (Å²) in [4.78, 5) is 12.4. The number of anilines is 1. The summed E-state index contributed by atoms with van der Waals surface area (Å²) in [5.41, 5.74) is 0.582. The first-order valence-electron chi connectivity index (χ1n) is 10.3. The van der Waals surface area contributed by atoms with Crippen molar-refractivity contribution < 1.29 is 27.1 Å². The fourth-order valence-corrected chi connectivity index (χ4v) is 5.06. The average molecular weight is 451 g/mol. The Morgan fingerprint density at radius 3 is 2.35 bits per heavy atom. The minimum absolute atomic E-state index is 0.155. The van der Waals surface area contributed by atoms with Gasteiger partial charge >= 0.3 is 0 Å². The van der Waals surface area contributed by atoms with Gasteiger partial charge in [-0.25, -0.2) is 12.8 Å². The molecule has 1 saturated heterocycles. The van der Waals surface area contributed by atoms with Crippen LogP contribution in [0.3, 0.4) is 0 Å². The van der Waals surface area contributed by atoms with Crippen LogP contribution in [0.1, 0.15) is 26.7 Å². The maximum atomic E-state index is 14.0. The van der Waals surface area contributed by atoms with Crippen molar-refractivity contribution >= 4 is 21.6 Å². The van der Waals surface area contributed by atoms with E-state index in [1.54, 1.807) is 18.2 Å². The largest absolute Gasteiger partial charge is 0.490 e. The number of nitrogens with zero attached hydrogens (tertiary/aromatic N) is 1. The van der Waals surface area contributed by atoms with Gasteiger partial charge in [0.25, 0.3) is 0 Å². The number of benzene rings is 2. The molecule has 7 nitrogen and oxygen atoms in total. The molecule has 0 aromatic heterocycles. The zero-order chi connectivity index (χ0) is 22.4. The van der Waals surface area contributed by atoms with E-state index >= 15 is 0 Å². The van der Waals surface area contributed by atoms with Gasteiger partial charge < -0.3 is 14.8 Å². The Labute approximate surface area is 182 Å². The van der Waals surface area contributed by atoms with E-state index in [0.29, 0.717) is 43.2 Å². The third-order valence-corrected chi connectivity index (χ3v) is 7.02. The highest BCUT2D eigenvalue weighted by Crippen LogP contribution is 2.31. The Balaban J connectivity index is 1.63. The van der Waals surface area contributed by atoms with Gasteiger partial charge in [-0.15, -0.1) is 0 Å². The van der Waals surface area contributed by atoms with Crippen molar-refractivity contribution in [2.24, 2.45) is 5.92 Å². The topological polar surface area (TPSA) is 84.9 Å². The minimum atomic E-state index is -3.93. The third kappa shape index (κ3) is 5.34. The molecule has 1 amide bonds. The predicted octanol–water partition coefficient (Wildman–Crippen LogP) is 3.66. The number of nitrogens with one attached hydrogen (secondary N) is 1. The normalized spacial score (nSPS) is 15.5. The molecule has 31 heavy (non-hydrogen) atoms. The van der Waals surface area contributed by atoms with E-state index in [1.165, 1.54) is 22.5 Å². The smallest absolute Gasteiger partial charge is 0.245 e. The highest BCUT2D eigenvalue weighted by molar-refractivity contribution is 7.89. The molecule has 1 N–H and O–H groups in total. The van der Waals surface area contributed by atoms with Crippen molar-refractivity contribution in [2.45, 2.75) is 31.6 Å². The number of hydrogen-bond acceptors (Lipinski definition) is 5. The van der Waals surface area contributed by atoms with Crippen LogP contribution in [0.4, 0.5) is 10.1 Å². The summed E-state index contributed by atoms with van der Waals surface area (Å²) in [6.45, 7) is 5.02. The van der Waals surface area contributed by atoms with Crippen LogP contribution < -0.4 is 14.8 Å². The van der Waals surface area contributed by atoms with Gasteiger partial charge in [0, 0.05) is 30.8 Å². The number of sulfonamides is 1. The van der Waals surface area contributed by atoms with Gasteiger partial charge in [0.2, 0.25) is 15.9 Å². The zero-order valence-corrected chi connectivity index (χ0v) is 18.5. The van der Waals surface area contributed by atoms with Crippen molar-refractivity contribution in [2.75, 3.05) is 31.6 Å². The SMILES string of the molecule is CCOc1ccc(NC(=O)C2CCN(S(=O)(=O)c3ccccc3F)CC2)cc1OCC. The summed E-state index contributed by atoms with van der Waals surface area (Å²) in [6, 6.07) is 10.5. The summed E-state index contributed by atoms with van der Waals surface area (Å²) in [7, 11) is -3.93. The van der Waals surface area contributed by atoms with Gasteiger partial charge in [-0.05, 0) is 51.0 Å². The maximum Gasteiger partial charge on any atom is 0.245 e. The Morgan fingerprint density at radius 1 is 1.06 bits per heavy atom. The van der Waals surface area contributed by atoms with Gasteiger partial charge in [0.15, 0.2) is 11.5 Å². The quantitative estimate of drug-likeness (QED) is 0.664. The maximum absolute atomic E-state index is 14.0.